The van der Waals surface area contributed by atoms with Gasteiger partial charge in [0, 0.05) is 32.6 Å². The molecule has 0 aliphatic carbocycles. The number of amides is 1. The predicted molar refractivity (Wildman–Crippen MR) is 85.8 cm³/mol. The normalized spacial score (nSPS) is 11.4. The van der Waals surface area contributed by atoms with E-state index in [1.165, 1.54) is 26.2 Å². The van der Waals surface area contributed by atoms with Gasteiger partial charge in [0.2, 0.25) is 15.9 Å². The van der Waals surface area contributed by atoms with Crippen LogP contribution < -0.4 is 11.1 Å². The Balaban J connectivity index is 3.09. The Bertz CT molecular complexity index is 662. The van der Waals surface area contributed by atoms with Gasteiger partial charge in [0.05, 0.1) is 5.02 Å². The lowest BCUT2D eigenvalue weighted by molar-refractivity contribution is -0.120. The first-order chi connectivity index (χ1) is 9.70. The SMILES string of the molecule is CNC(=O)CCN(C)S(=O)(=O)c1cc(C(N)=S)ccc1Cl. The molecule has 9 heteroatoms. The smallest absolute Gasteiger partial charge is 0.244 e. The van der Waals surface area contributed by atoms with Crippen LogP contribution in [0.5, 0.6) is 0 Å². The summed E-state index contributed by atoms with van der Waals surface area (Å²) in [5.41, 5.74) is 5.91. The Labute approximate surface area is 134 Å². The second-order valence-corrected chi connectivity index (χ2v) is 7.12. The number of carbonyl (C=O) groups is 1. The zero-order valence-electron chi connectivity index (χ0n) is 11.6. The molecule has 0 bridgehead atoms. The van der Waals surface area contributed by atoms with Gasteiger partial charge in [-0.3, -0.25) is 4.79 Å². The number of benzene rings is 1. The van der Waals surface area contributed by atoms with Crippen LogP contribution in [0.2, 0.25) is 5.02 Å². The van der Waals surface area contributed by atoms with Crippen LogP contribution in [0, 0.1) is 0 Å². The minimum atomic E-state index is -3.82. The van der Waals surface area contributed by atoms with Gasteiger partial charge in [-0.25, -0.2) is 12.7 Å². The Morgan fingerprint density at radius 3 is 2.62 bits per heavy atom. The van der Waals surface area contributed by atoms with E-state index in [4.69, 9.17) is 29.6 Å². The third kappa shape index (κ3) is 4.37. The van der Waals surface area contributed by atoms with Crippen LogP contribution in [0.15, 0.2) is 23.1 Å². The third-order valence-corrected chi connectivity index (χ3v) is 5.41. The van der Waals surface area contributed by atoms with Crippen LogP contribution in [0.1, 0.15) is 12.0 Å². The molecule has 1 rings (SSSR count). The van der Waals surface area contributed by atoms with E-state index in [9.17, 15) is 13.2 Å². The van der Waals surface area contributed by atoms with Crippen LogP contribution in [0.25, 0.3) is 0 Å². The summed E-state index contributed by atoms with van der Waals surface area (Å²) in [6.45, 7) is 0.0373. The summed E-state index contributed by atoms with van der Waals surface area (Å²) >= 11 is 10.8. The zero-order chi connectivity index (χ0) is 16.2. The van der Waals surface area contributed by atoms with Gasteiger partial charge < -0.3 is 11.1 Å². The predicted octanol–water partition coefficient (Wildman–Crippen LogP) is 0.731. The fourth-order valence-corrected chi connectivity index (χ4v) is 3.32. The van der Waals surface area contributed by atoms with Crippen molar-refractivity contribution >= 4 is 44.7 Å². The van der Waals surface area contributed by atoms with Gasteiger partial charge >= 0.3 is 0 Å². The molecule has 0 saturated heterocycles. The summed E-state index contributed by atoms with van der Waals surface area (Å²) in [5, 5.41) is 2.50. The number of nitrogens with one attached hydrogen (secondary N) is 1. The fourth-order valence-electron chi connectivity index (χ4n) is 1.53. The summed E-state index contributed by atoms with van der Waals surface area (Å²) in [6, 6.07) is 4.31. The largest absolute Gasteiger partial charge is 0.389 e. The molecule has 0 radical (unpaired) electrons. The van der Waals surface area contributed by atoms with Crippen LogP contribution in [0.4, 0.5) is 0 Å². The molecule has 1 aromatic carbocycles. The lowest BCUT2D eigenvalue weighted by atomic mass is 10.2. The molecular weight excluding hydrogens is 334 g/mol. The van der Waals surface area contributed by atoms with Crippen molar-refractivity contribution in [3.8, 4) is 0 Å². The second-order valence-electron chi connectivity index (χ2n) is 4.26. The van der Waals surface area contributed by atoms with Crippen LogP contribution in [-0.2, 0) is 14.8 Å². The van der Waals surface area contributed by atoms with E-state index in [0.29, 0.717) is 5.56 Å². The first-order valence-corrected chi connectivity index (χ1v) is 8.19. The molecular formula is C12H16ClN3O3S2. The molecule has 6 nitrogen and oxygen atoms in total. The van der Waals surface area contributed by atoms with Gasteiger partial charge in [0.1, 0.15) is 9.88 Å². The van der Waals surface area contributed by atoms with Gasteiger partial charge in [-0.15, -0.1) is 0 Å². The Hall–Kier alpha value is -1.22. The molecule has 21 heavy (non-hydrogen) atoms. The monoisotopic (exact) mass is 349 g/mol. The highest BCUT2D eigenvalue weighted by Gasteiger charge is 2.24. The van der Waals surface area contributed by atoms with Gasteiger partial charge in [0.25, 0.3) is 0 Å². The number of sulfonamides is 1. The molecule has 0 heterocycles. The highest BCUT2D eigenvalue weighted by atomic mass is 35.5. The van der Waals surface area contributed by atoms with Crippen LogP contribution in [-0.4, -0.2) is 44.3 Å². The molecule has 0 aliphatic rings. The van der Waals surface area contributed by atoms with Gasteiger partial charge in [-0.05, 0) is 12.1 Å². The van der Waals surface area contributed by atoms with E-state index in [1.807, 2.05) is 0 Å². The fraction of sp³-hybridized carbons (Fsp3) is 0.333. The summed E-state index contributed by atoms with van der Waals surface area (Å²) < 4.78 is 26.0. The van der Waals surface area contributed by atoms with Crippen molar-refractivity contribution in [2.75, 3.05) is 20.6 Å². The Morgan fingerprint density at radius 2 is 2.10 bits per heavy atom. The quantitative estimate of drug-likeness (QED) is 0.739. The molecule has 0 aliphatic heterocycles. The van der Waals surface area contributed by atoms with E-state index in [0.717, 1.165) is 4.31 Å². The summed E-state index contributed by atoms with van der Waals surface area (Å²) in [4.78, 5) is 11.2. The van der Waals surface area contributed by atoms with E-state index >= 15 is 0 Å². The molecule has 116 valence electrons. The number of nitrogens with two attached hydrogens (primary N) is 1. The lowest BCUT2D eigenvalue weighted by Gasteiger charge is -2.18. The maximum atomic E-state index is 12.5. The minimum absolute atomic E-state index is 0.0373. The lowest BCUT2D eigenvalue weighted by Crippen LogP contribution is -2.31. The van der Waals surface area contributed by atoms with Crippen LogP contribution in [0.3, 0.4) is 0 Å². The van der Waals surface area contributed by atoms with Crippen molar-refractivity contribution in [2.24, 2.45) is 5.73 Å². The number of rotatable bonds is 6. The molecule has 0 saturated carbocycles. The molecule has 0 spiro atoms. The first kappa shape index (κ1) is 17.8. The van der Waals surface area contributed by atoms with E-state index in [-0.39, 0.29) is 33.8 Å². The molecule has 1 amide bonds. The Morgan fingerprint density at radius 1 is 1.48 bits per heavy atom. The molecule has 0 fully saturated rings. The average Bonchev–Trinajstić information content (AvgIpc) is 2.44. The van der Waals surface area contributed by atoms with E-state index < -0.39 is 10.0 Å². The first-order valence-electron chi connectivity index (χ1n) is 5.96. The molecule has 0 aromatic heterocycles. The summed E-state index contributed by atoms with van der Waals surface area (Å²) in [7, 11) is -0.961. The molecule has 3 N–H and O–H groups in total. The number of nitrogens with zero attached hydrogens (tertiary/aromatic N) is 1. The van der Waals surface area contributed by atoms with Crippen molar-refractivity contribution in [1.82, 2.24) is 9.62 Å². The topological polar surface area (TPSA) is 92.5 Å². The Kier molecular flexibility index (Phi) is 6.09. The molecule has 0 atom stereocenters. The maximum Gasteiger partial charge on any atom is 0.244 e. The number of carbonyl (C=O) groups excluding carboxylic acids is 1. The highest BCUT2D eigenvalue weighted by molar-refractivity contribution is 7.89. The summed E-state index contributed by atoms with van der Waals surface area (Å²) in [6.07, 6.45) is 0.0544. The second kappa shape index (κ2) is 7.17. The van der Waals surface area contributed by atoms with E-state index in [1.54, 1.807) is 6.07 Å². The van der Waals surface area contributed by atoms with Crippen molar-refractivity contribution in [2.45, 2.75) is 11.3 Å². The van der Waals surface area contributed by atoms with Crippen molar-refractivity contribution in [3.05, 3.63) is 28.8 Å². The van der Waals surface area contributed by atoms with Crippen molar-refractivity contribution in [1.29, 1.82) is 0 Å². The third-order valence-electron chi connectivity index (χ3n) is 2.84. The zero-order valence-corrected chi connectivity index (χ0v) is 14.0. The number of hydrogen-bond donors (Lipinski definition) is 2. The highest BCUT2D eigenvalue weighted by Crippen LogP contribution is 2.25. The molecule has 1 aromatic rings. The van der Waals surface area contributed by atoms with Crippen LogP contribution >= 0.6 is 23.8 Å². The van der Waals surface area contributed by atoms with Crippen molar-refractivity contribution < 1.29 is 13.2 Å². The maximum absolute atomic E-state index is 12.5. The number of hydrogen-bond acceptors (Lipinski definition) is 4. The van der Waals surface area contributed by atoms with E-state index in [2.05, 4.69) is 5.32 Å². The number of halogens is 1. The van der Waals surface area contributed by atoms with Gasteiger partial charge in [-0.1, -0.05) is 29.9 Å². The summed E-state index contributed by atoms with van der Waals surface area (Å²) in [5.74, 6) is -0.250. The number of thiocarbonyl (C=S) groups is 1. The molecule has 0 unspecified atom stereocenters. The standard InChI is InChI=1S/C12H16ClN3O3S2/c1-15-11(17)5-6-16(2)21(18,19)10-7-8(12(14)20)3-4-9(10)13/h3-4,7H,5-6H2,1-2H3,(H2,14,20)(H,15,17). The van der Waals surface area contributed by atoms with Gasteiger partial charge in [0.15, 0.2) is 0 Å². The average molecular weight is 350 g/mol. The van der Waals surface area contributed by atoms with Crippen molar-refractivity contribution in [3.63, 3.8) is 0 Å². The minimum Gasteiger partial charge on any atom is -0.389 e. The van der Waals surface area contributed by atoms with Gasteiger partial charge in [-0.2, -0.15) is 0 Å².